The van der Waals surface area contributed by atoms with Crippen molar-refractivity contribution >= 4 is 16.8 Å². The Morgan fingerprint density at radius 1 is 1.28 bits per heavy atom. The zero-order valence-electron chi connectivity index (χ0n) is 13.6. The van der Waals surface area contributed by atoms with Crippen molar-refractivity contribution in [2.24, 2.45) is 0 Å². The molecule has 1 aliphatic rings. The fourth-order valence-electron chi connectivity index (χ4n) is 2.63. The molecule has 1 saturated carbocycles. The molecule has 4 nitrogen and oxygen atoms in total. The molecule has 1 aromatic carbocycles. The van der Waals surface area contributed by atoms with Gasteiger partial charge in [0.2, 0.25) is 0 Å². The van der Waals surface area contributed by atoms with Crippen molar-refractivity contribution in [3.63, 3.8) is 0 Å². The van der Waals surface area contributed by atoms with Gasteiger partial charge in [0, 0.05) is 30.1 Å². The normalized spacial score (nSPS) is 14.7. The lowest BCUT2D eigenvalue weighted by atomic mass is 10.1. The van der Waals surface area contributed by atoms with Gasteiger partial charge < -0.3 is 10.1 Å². The lowest BCUT2D eigenvalue weighted by Gasteiger charge is -2.11. The van der Waals surface area contributed by atoms with E-state index in [-0.39, 0.29) is 19.1 Å². The van der Waals surface area contributed by atoms with E-state index >= 15 is 0 Å². The number of nitrogens with one attached hydrogen (secondary N) is 1. The van der Waals surface area contributed by atoms with Crippen molar-refractivity contribution in [1.29, 1.82) is 0 Å². The van der Waals surface area contributed by atoms with E-state index in [9.17, 15) is 18.0 Å². The second kappa shape index (κ2) is 7.39. The number of pyridine rings is 1. The lowest BCUT2D eigenvalue weighted by Crippen LogP contribution is -2.26. The van der Waals surface area contributed by atoms with Crippen LogP contribution in [0.2, 0.25) is 0 Å². The third-order valence-electron chi connectivity index (χ3n) is 3.99. The number of hydrogen-bond acceptors (Lipinski definition) is 3. The monoisotopic (exact) mass is 352 g/mol. The highest BCUT2D eigenvalue weighted by Gasteiger charge is 2.27. The molecular formula is C18H19F3N2O2. The molecule has 1 amide bonds. The fourth-order valence-corrected chi connectivity index (χ4v) is 2.63. The Morgan fingerprint density at radius 3 is 2.76 bits per heavy atom. The second-order valence-corrected chi connectivity index (χ2v) is 6.16. The number of carbonyl (C=O) groups is 1. The van der Waals surface area contributed by atoms with Crippen molar-refractivity contribution in [2.75, 3.05) is 19.8 Å². The van der Waals surface area contributed by atoms with Crippen molar-refractivity contribution in [2.45, 2.75) is 31.4 Å². The van der Waals surface area contributed by atoms with Crippen molar-refractivity contribution < 1.29 is 22.7 Å². The highest BCUT2D eigenvalue weighted by Crippen LogP contribution is 2.40. The number of hydrogen-bond donors (Lipinski definition) is 1. The number of amides is 1. The summed E-state index contributed by atoms with van der Waals surface area (Å²) in [6.07, 6.45) is -1.83. The molecule has 2 aromatic rings. The topological polar surface area (TPSA) is 51.2 Å². The van der Waals surface area contributed by atoms with Crippen LogP contribution in [-0.2, 0) is 4.74 Å². The highest BCUT2D eigenvalue weighted by atomic mass is 19.4. The molecule has 25 heavy (non-hydrogen) atoms. The summed E-state index contributed by atoms with van der Waals surface area (Å²) in [6, 6.07) is 9.28. The first kappa shape index (κ1) is 17.7. The molecule has 7 heteroatoms. The number of alkyl halides is 3. The van der Waals surface area contributed by atoms with Crippen molar-refractivity contribution in [3.05, 3.63) is 41.6 Å². The molecule has 0 saturated heterocycles. The Morgan fingerprint density at radius 2 is 2.04 bits per heavy atom. The minimum Gasteiger partial charge on any atom is -0.372 e. The van der Waals surface area contributed by atoms with Crippen LogP contribution in [0.15, 0.2) is 30.3 Å². The van der Waals surface area contributed by atoms with E-state index in [4.69, 9.17) is 0 Å². The van der Waals surface area contributed by atoms with Crippen LogP contribution >= 0.6 is 0 Å². The van der Waals surface area contributed by atoms with Gasteiger partial charge in [0.25, 0.3) is 5.91 Å². The summed E-state index contributed by atoms with van der Waals surface area (Å²) in [5, 5.41) is 3.52. The predicted octanol–water partition coefficient (Wildman–Crippen LogP) is 3.81. The van der Waals surface area contributed by atoms with Crippen molar-refractivity contribution in [3.8, 4) is 0 Å². The highest BCUT2D eigenvalue weighted by molar-refractivity contribution is 6.06. The summed E-state index contributed by atoms with van der Waals surface area (Å²) in [4.78, 5) is 17.1. The van der Waals surface area contributed by atoms with Gasteiger partial charge in [0.05, 0.1) is 11.1 Å². The van der Waals surface area contributed by atoms with Crippen LogP contribution in [0.4, 0.5) is 13.2 Å². The number of halogens is 3. The number of ether oxygens (including phenoxy) is 1. The molecule has 1 heterocycles. The Labute approximate surface area is 143 Å². The van der Waals surface area contributed by atoms with E-state index in [2.05, 4.69) is 15.0 Å². The zero-order valence-corrected chi connectivity index (χ0v) is 13.6. The van der Waals surface area contributed by atoms with Gasteiger partial charge in [-0.25, -0.2) is 0 Å². The minimum absolute atomic E-state index is 0.0514. The van der Waals surface area contributed by atoms with E-state index in [1.807, 2.05) is 30.3 Å². The summed E-state index contributed by atoms with van der Waals surface area (Å²) in [5.74, 6) is 0.184. The SMILES string of the molecule is O=C(NCCCOCC(F)(F)F)c1cc(C2CC2)nc2ccccc12. The Bertz CT molecular complexity index is 758. The number of para-hydroxylation sites is 1. The average Bonchev–Trinajstić information content (AvgIpc) is 3.41. The van der Waals surface area contributed by atoms with Gasteiger partial charge in [-0.3, -0.25) is 9.78 Å². The van der Waals surface area contributed by atoms with Gasteiger partial charge in [-0.2, -0.15) is 13.2 Å². The summed E-state index contributed by atoms with van der Waals surface area (Å²) < 4.78 is 40.4. The third-order valence-corrected chi connectivity index (χ3v) is 3.99. The Balaban J connectivity index is 1.60. The molecule has 0 bridgehead atoms. The number of benzene rings is 1. The molecule has 0 unspecified atom stereocenters. The summed E-state index contributed by atoms with van der Waals surface area (Å²) in [6.45, 7) is -1.06. The van der Waals surface area contributed by atoms with E-state index in [0.29, 0.717) is 17.9 Å². The third kappa shape index (κ3) is 4.92. The van der Waals surface area contributed by atoms with Crippen LogP contribution in [0.1, 0.15) is 41.2 Å². The quantitative estimate of drug-likeness (QED) is 0.771. The maximum absolute atomic E-state index is 12.5. The Hall–Kier alpha value is -2.15. The molecular weight excluding hydrogens is 333 g/mol. The molecule has 1 fully saturated rings. The van der Waals surface area contributed by atoms with Gasteiger partial charge in [0.15, 0.2) is 0 Å². The van der Waals surface area contributed by atoms with Crippen LogP contribution in [0, 0.1) is 0 Å². The standard InChI is InChI=1S/C18H19F3N2O2/c19-18(20,21)11-25-9-3-8-22-17(24)14-10-16(12-6-7-12)23-15-5-2-1-4-13(14)15/h1-2,4-5,10,12H,3,6-9,11H2,(H,22,24). The summed E-state index contributed by atoms with van der Waals surface area (Å²) in [7, 11) is 0. The van der Waals surface area contributed by atoms with Gasteiger partial charge in [-0.1, -0.05) is 18.2 Å². The van der Waals surface area contributed by atoms with E-state index in [1.54, 1.807) is 0 Å². The number of carbonyl (C=O) groups excluding carboxylic acids is 1. The summed E-state index contributed by atoms with van der Waals surface area (Å²) >= 11 is 0. The van der Waals surface area contributed by atoms with Crippen LogP contribution in [-0.4, -0.2) is 36.8 Å². The van der Waals surface area contributed by atoms with Crippen molar-refractivity contribution in [1.82, 2.24) is 10.3 Å². The van der Waals surface area contributed by atoms with E-state index in [1.165, 1.54) is 0 Å². The molecule has 134 valence electrons. The molecule has 3 rings (SSSR count). The van der Waals surface area contributed by atoms with Crippen LogP contribution in [0.3, 0.4) is 0 Å². The average molecular weight is 352 g/mol. The van der Waals surface area contributed by atoms with Gasteiger partial charge in [-0.15, -0.1) is 0 Å². The Kier molecular flexibility index (Phi) is 5.22. The van der Waals surface area contributed by atoms with Gasteiger partial charge in [0.1, 0.15) is 6.61 Å². The molecule has 1 N–H and O–H groups in total. The predicted molar refractivity (Wildman–Crippen MR) is 87.5 cm³/mol. The number of nitrogens with zero attached hydrogens (tertiary/aromatic N) is 1. The molecule has 1 aromatic heterocycles. The first-order valence-electron chi connectivity index (χ1n) is 8.26. The van der Waals surface area contributed by atoms with E-state index in [0.717, 1.165) is 29.4 Å². The first-order valence-corrected chi connectivity index (χ1v) is 8.26. The smallest absolute Gasteiger partial charge is 0.372 e. The second-order valence-electron chi connectivity index (χ2n) is 6.16. The number of aromatic nitrogens is 1. The number of fused-ring (bicyclic) bond motifs is 1. The molecule has 0 atom stereocenters. The molecule has 0 aliphatic heterocycles. The molecule has 0 radical (unpaired) electrons. The van der Waals surface area contributed by atoms with Gasteiger partial charge in [-0.05, 0) is 31.4 Å². The number of rotatable bonds is 7. The van der Waals surface area contributed by atoms with Crippen LogP contribution in [0.25, 0.3) is 10.9 Å². The zero-order chi connectivity index (χ0) is 17.9. The van der Waals surface area contributed by atoms with Crippen LogP contribution < -0.4 is 5.32 Å². The maximum Gasteiger partial charge on any atom is 0.411 e. The largest absolute Gasteiger partial charge is 0.411 e. The molecule has 0 spiro atoms. The van der Waals surface area contributed by atoms with Crippen LogP contribution in [0.5, 0.6) is 0 Å². The lowest BCUT2D eigenvalue weighted by molar-refractivity contribution is -0.173. The maximum atomic E-state index is 12.5. The summed E-state index contributed by atoms with van der Waals surface area (Å²) in [5.41, 5.74) is 2.27. The van der Waals surface area contributed by atoms with Gasteiger partial charge >= 0.3 is 6.18 Å². The fraction of sp³-hybridized carbons (Fsp3) is 0.444. The first-order chi connectivity index (χ1) is 11.9. The van der Waals surface area contributed by atoms with E-state index < -0.39 is 12.8 Å². The molecule has 1 aliphatic carbocycles. The minimum atomic E-state index is -4.32.